The number of benzene rings is 1. The predicted molar refractivity (Wildman–Crippen MR) is 128 cm³/mol. The highest BCUT2D eigenvalue weighted by Crippen LogP contribution is 2.17. The van der Waals surface area contributed by atoms with Gasteiger partial charge in [-0.15, -0.1) is 24.0 Å². The van der Waals surface area contributed by atoms with E-state index >= 15 is 0 Å². The molecule has 0 bridgehead atoms. The van der Waals surface area contributed by atoms with Crippen molar-refractivity contribution in [2.45, 2.75) is 26.2 Å². The molecule has 1 aromatic rings. The van der Waals surface area contributed by atoms with Gasteiger partial charge in [0, 0.05) is 52.4 Å². The maximum absolute atomic E-state index is 13.8. The van der Waals surface area contributed by atoms with Crippen LogP contribution < -0.4 is 15.5 Å². The van der Waals surface area contributed by atoms with Gasteiger partial charge in [-0.1, -0.05) is 12.1 Å². The van der Waals surface area contributed by atoms with E-state index in [0.717, 1.165) is 71.3 Å². The number of aliphatic imine (C=N–C) groups is 1. The van der Waals surface area contributed by atoms with Gasteiger partial charge in [-0.2, -0.15) is 0 Å². The highest BCUT2D eigenvalue weighted by atomic mass is 127. The van der Waals surface area contributed by atoms with Crippen molar-refractivity contribution in [3.05, 3.63) is 30.1 Å². The molecule has 0 aliphatic carbocycles. The Hall–Kier alpha value is -1.13. The molecule has 1 unspecified atom stereocenters. The summed E-state index contributed by atoms with van der Waals surface area (Å²) in [6.07, 6.45) is 2.91. The molecular formula is C21H36FIN4O2. The van der Waals surface area contributed by atoms with E-state index in [0.29, 0.717) is 18.2 Å². The fourth-order valence-electron chi connectivity index (χ4n) is 3.07. The molecule has 2 N–H and O–H groups in total. The van der Waals surface area contributed by atoms with Gasteiger partial charge in [0.05, 0.1) is 18.9 Å². The number of rotatable bonds is 12. The second kappa shape index (κ2) is 15.7. The summed E-state index contributed by atoms with van der Waals surface area (Å²) in [6.45, 7) is 8.38. The van der Waals surface area contributed by atoms with Crippen molar-refractivity contribution < 1.29 is 13.9 Å². The minimum absolute atomic E-state index is 0. The quantitative estimate of drug-likeness (QED) is 0.191. The van der Waals surface area contributed by atoms with Crippen LogP contribution in [0.1, 0.15) is 26.2 Å². The van der Waals surface area contributed by atoms with E-state index < -0.39 is 0 Å². The third-order valence-corrected chi connectivity index (χ3v) is 4.66. The van der Waals surface area contributed by atoms with Gasteiger partial charge in [0.15, 0.2) is 5.96 Å². The molecule has 1 atom stereocenters. The van der Waals surface area contributed by atoms with Crippen molar-refractivity contribution in [1.29, 1.82) is 0 Å². The molecule has 1 saturated heterocycles. The number of para-hydroxylation sites is 1. The van der Waals surface area contributed by atoms with Crippen molar-refractivity contribution >= 4 is 35.6 Å². The second-order valence-corrected chi connectivity index (χ2v) is 7.07. The van der Waals surface area contributed by atoms with Gasteiger partial charge in [-0.05, 0) is 38.3 Å². The van der Waals surface area contributed by atoms with Crippen LogP contribution in [0.5, 0.6) is 0 Å². The van der Waals surface area contributed by atoms with Crippen LogP contribution in [0.3, 0.4) is 0 Å². The van der Waals surface area contributed by atoms with Crippen LogP contribution >= 0.6 is 24.0 Å². The van der Waals surface area contributed by atoms with Gasteiger partial charge in [0.25, 0.3) is 0 Å². The lowest BCUT2D eigenvalue weighted by Crippen LogP contribution is -2.38. The Bertz CT molecular complexity index is 586. The average Bonchev–Trinajstić information content (AvgIpc) is 3.21. The van der Waals surface area contributed by atoms with Crippen molar-refractivity contribution in [3.63, 3.8) is 0 Å². The van der Waals surface area contributed by atoms with Crippen molar-refractivity contribution in [3.8, 4) is 0 Å². The number of guanidine groups is 1. The lowest BCUT2D eigenvalue weighted by Gasteiger charge is -2.19. The Morgan fingerprint density at radius 1 is 1.31 bits per heavy atom. The molecule has 1 heterocycles. The molecule has 0 amide bonds. The zero-order chi connectivity index (χ0) is 20.0. The summed E-state index contributed by atoms with van der Waals surface area (Å²) in [4.78, 5) is 6.53. The number of nitrogens with one attached hydrogen (secondary N) is 2. The van der Waals surface area contributed by atoms with E-state index in [1.165, 1.54) is 6.07 Å². The molecule has 1 aromatic carbocycles. The van der Waals surface area contributed by atoms with E-state index in [1.54, 1.807) is 12.1 Å². The number of ether oxygens (including phenoxy) is 2. The van der Waals surface area contributed by atoms with Crippen LogP contribution in [0.2, 0.25) is 0 Å². The Morgan fingerprint density at radius 2 is 2.14 bits per heavy atom. The molecule has 1 aliphatic rings. The van der Waals surface area contributed by atoms with Crippen LogP contribution in [-0.4, -0.2) is 65.6 Å². The van der Waals surface area contributed by atoms with Gasteiger partial charge < -0.3 is 25.0 Å². The monoisotopic (exact) mass is 522 g/mol. The van der Waals surface area contributed by atoms with Crippen LogP contribution in [0.25, 0.3) is 0 Å². The predicted octanol–water partition coefficient (Wildman–Crippen LogP) is 3.27. The molecular weight excluding hydrogens is 486 g/mol. The summed E-state index contributed by atoms with van der Waals surface area (Å²) in [6, 6.07) is 6.85. The van der Waals surface area contributed by atoms with E-state index in [4.69, 9.17) is 9.47 Å². The lowest BCUT2D eigenvalue weighted by atomic mass is 10.1. The van der Waals surface area contributed by atoms with Crippen LogP contribution in [0, 0.1) is 11.7 Å². The van der Waals surface area contributed by atoms with Gasteiger partial charge >= 0.3 is 0 Å². The van der Waals surface area contributed by atoms with E-state index in [2.05, 4.69) is 22.5 Å². The molecule has 8 heteroatoms. The fourth-order valence-corrected chi connectivity index (χ4v) is 3.07. The van der Waals surface area contributed by atoms with Crippen LogP contribution in [-0.2, 0) is 9.47 Å². The average molecular weight is 522 g/mol. The van der Waals surface area contributed by atoms with Crippen LogP contribution in [0.4, 0.5) is 10.1 Å². The zero-order valence-corrected chi connectivity index (χ0v) is 20.0. The highest BCUT2D eigenvalue weighted by Gasteiger charge is 2.15. The molecule has 0 spiro atoms. The Balaban J connectivity index is 0.00000420. The molecule has 0 saturated carbocycles. The minimum atomic E-state index is -0.189. The standard InChI is InChI=1S/C21H35FN4O2.HI/c1-3-23-21(25-12-7-14-27-16-18-10-15-28-17-18)24-11-6-13-26(2)20-9-5-4-8-19(20)22;/h4-5,8-9,18H,3,6-7,10-17H2,1-2H3,(H2,23,24,25);1H. The maximum Gasteiger partial charge on any atom is 0.191 e. The SMILES string of the molecule is CCNC(=NCCCN(C)c1ccccc1F)NCCCOCC1CCOC1.I. The molecule has 29 heavy (non-hydrogen) atoms. The first-order valence-corrected chi connectivity index (χ1v) is 10.3. The molecule has 6 nitrogen and oxygen atoms in total. The molecule has 1 fully saturated rings. The van der Waals surface area contributed by atoms with E-state index in [-0.39, 0.29) is 29.8 Å². The highest BCUT2D eigenvalue weighted by molar-refractivity contribution is 14.0. The van der Waals surface area contributed by atoms with Gasteiger partial charge in [0.1, 0.15) is 5.82 Å². The normalized spacial score (nSPS) is 16.4. The molecule has 0 radical (unpaired) electrons. The summed E-state index contributed by atoms with van der Waals surface area (Å²) in [5, 5.41) is 6.59. The first-order valence-electron chi connectivity index (χ1n) is 10.3. The van der Waals surface area contributed by atoms with E-state index in [1.807, 2.05) is 18.0 Å². The van der Waals surface area contributed by atoms with Crippen molar-refractivity contribution in [1.82, 2.24) is 10.6 Å². The third-order valence-electron chi connectivity index (χ3n) is 4.66. The van der Waals surface area contributed by atoms with Crippen molar-refractivity contribution in [2.24, 2.45) is 10.9 Å². The molecule has 2 rings (SSSR count). The summed E-state index contributed by atoms with van der Waals surface area (Å²) in [5.74, 6) is 1.20. The number of hydrogen-bond acceptors (Lipinski definition) is 4. The molecule has 166 valence electrons. The Morgan fingerprint density at radius 3 is 2.86 bits per heavy atom. The molecule has 0 aromatic heterocycles. The summed E-state index contributed by atoms with van der Waals surface area (Å²) in [5.41, 5.74) is 0.626. The van der Waals surface area contributed by atoms with Gasteiger partial charge in [0.2, 0.25) is 0 Å². The first kappa shape index (κ1) is 25.9. The Kier molecular flexibility index (Phi) is 14.0. The Labute approximate surface area is 191 Å². The van der Waals surface area contributed by atoms with Gasteiger partial charge in [-0.3, -0.25) is 4.99 Å². The number of nitrogens with zero attached hydrogens (tertiary/aromatic N) is 2. The van der Waals surface area contributed by atoms with Gasteiger partial charge in [-0.25, -0.2) is 4.39 Å². The molecule has 1 aliphatic heterocycles. The summed E-state index contributed by atoms with van der Waals surface area (Å²) >= 11 is 0. The zero-order valence-electron chi connectivity index (χ0n) is 17.7. The number of hydrogen-bond donors (Lipinski definition) is 2. The number of halogens is 2. The first-order chi connectivity index (χ1) is 13.7. The lowest BCUT2D eigenvalue weighted by molar-refractivity contribution is 0.0888. The summed E-state index contributed by atoms with van der Waals surface area (Å²) < 4.78 is 24.9. The maximum atomic E-state index is 13.8. The van der Waals surface area contributed by atoms with Crippen molar-refractivity contribution in [2.75, 3.05) is 64.6 Å². The summed E-state index contributed by atoms with van der Waals surface area (Å²) in [7, 11) is 1.91. The van der Waals surface area contributed by atoms with Crippen LogP contribution in [0.15, 0.2) is 29.3 Å². The van der Waals surface area contributed by atoms with E-state index in [9.17, 15) is 4.39 Å². The second-order valence-electron chi connectivity index (χ2n) is 7.07. The minimum Gasteiger partial charge on any atom is -0.381 e. The fraction of sp³-hybridized carbons (Fsp3) is 0.667. The smallest absolute Gasteiger partial charge is 0.191 e. The topological polar surface area (TPSA) is 58.1 Å². The largest absolute Gasteiger partial charge is 0.381 e. The number of anilines is 1. The third kappa shape index (κ3) is 10.5.